The van der Waals surface area contributed by atoms with Gasteiger partial charge in [-0.2, -0.15) is 0 Å². The number of carbonyl (C=O) groups is 1. The summed E-state index contributed by atoms with van der Waals surface area (Å²) in [6.07, 6.45) is 5.56. The highest BCUT2D eigenvalue weighted by atomic mass is 35.5. The molecule has 2 saturated heterocycles. The number of rotatable bonds is 6. The van der Waals surface area contributed by atoms with Crippen LogP contribution in [0.3, 0.4) is 0 Å². The van der Waals surface area contributed by atoms with Gasteiger partial charge < -0.3 is 20.3 Å². The van der Waals surface area contributed by atoms with Crippen LogP contribution in [-0.2, 0) is 0 Å². The topological polar surface area (TPSA) is 71.7 Å². The molecule has 6 nitrogen and oxygen atoms in total. The molecule has 2 aromatic carbocycles. The molecule has 0 spiro atoms. The monoisotopic (exact) mass is 556 g/mol. The van der Waals surface area contributed by atoms with Crippen LogP contribution in [0.1, 0.15) is 54.6 Å². The maximum absolute atomic E-state index is 14.0. The van der Waals surface area contributed by atoms with Gasteiger partial charge in [0.15, 0.2) is 11.6 Å². The summed E-state index contributed by atoms with van der Waals surface area (Å²) in [5, 5.41) is 0.200. The van der Waals surface area contributed by atoms with Crippen LogP contribution in [-0.4, -0.2) is 52.9 Å². The number of halogens is 3. The normalized spacial score (nSPS) is 17.5. The summed E-state index contributed by atoms with van der Waals surface area (Å²) in [5.74, 6) is -0.0526. The molecule has 0 saturated carbocycles. The molecule has 2 fully saturated rings. The number of nitrogen functional groups attached to an aromatic ring is 1. The molecule has 2 N–H and O–H groups in total. The molecule has 38 heavy (non-hydrogen) atoms. The molecule has 1 aromatic heterocycles. The van der Waals surface area contributed by atoms with Crippen molar-refractivity contribution in [2.24, 2.45) is 0 Å². The van der Waals surface area contributed by atoms with Gasteiger partial charge in [0.1, 0.15) is 11.9 Å². The van der Waals surface area contributed by atoms with Gasteiger partial charge in [-0.05, 0) is 81.6 Å². The first-order valence-electron chi connectivity index (χ1n) is 13.0. The number of piperidine rings is 1. The molecule has 3 heterocycles. The first-order chi connectivity index (χ1) is 18.3. The van der Waals surface area contributed by atoms with E-state index in [4.69, 9.17) is 33.7 Å². The van der Waals surface area contributed by atoms with E-state index in [1.165, 1.54) is 38.1 Å². The Hall–Kier alpha value is -2.87. The predicted molar refractivity (Wildman–Crippen MR) is 149 cm³/mol. The number of nitrogens with zero attached hydrogens (tertiary/aromatic N) is 3. The van der Waals surface area contributed by atoms with Gasteiger partial charge in [0.2, 0.25) is 0 Å². The summed E-state index contributed by atoms with van der Waals surface area (Å²) in [6.45, 7) is 5.63. The number of nitrogens with two attached hydrogens (primary N) is 1. The number of hydrogen-bond donors (Lipinski definition) is 1. The SMILES string of the molecule is CC(Oc1cc(-c2cccc(C(=O)N3CCC(N4CCCC4)CC3)c2)cnc1N)c1c(Cl)ccc(F)c1Cl. The Morgan fingerprint density at radius 2 is 1.82 bits per heavy atom. The summed E-state index contributed by atoms with van der Waals surface area (Å²) in [4.78, 5) is 22.1. The second kappa shape index (κ2) is 11.5. The highest BCUT2D eigenvalue weighted by molar-refractivity contribution is 6.36. The average Bonchev–Trinajstić information content (AvgIpc) is 3.47. The molecule has 0 radical (unpaired) electrons. The van der Waals surface area contributed by atoms with Crippen molar-refractivity contribution in [3.8, 4) is 16.9 Å². The highest BCUT2D eigenvalue weighted by Gasteiger charge is 2.29. The molecule has 1 atom stereocenters. The fourth-order valence-electron chi connectivity index (χ4n) is 5.43. The molecule has 0 aliphatic carbocycles. The van der Waals surface area contributed by atoms with Gasteiger partial charge in [0.05, 0.1) is 5.02 Å². The van der Waals surface area contributed by atoms with E-state index in [2.05, 4.69) is 9.88 Å². The van der Waals surface area contributed by atoms with E-state index >= 15 is 0 Å². The largest absolute Gasteiger partial charge is 0.482 e. The summed E-state index contributed by atoms with van der Waals surface area (Å²) < 4.78 is 20.1. The van der Waals surface area contributed by atoms with Crippen molar-refractivity contribution in [3.63, 3.8) is 0 Å². The number of ether oxygens (including phenoxy) is 1. The standard InChI is InChI=1S/C29H31Cl2FN4O2/c1-18(26-23(30)7-8-24(32)27(26)31)38-25-16-21(17-34-28(25)33)19-5-4-6-20(15-19)29(37)36-13-9-22(10-14-36)35-11-2-3-12-35/h4-8,15-18,22H,2-3,9-14H2,1H3,(H2,33,34). The van der Waals surface area contributed by atoms with Crippen LogP contribution in [0.15, 0.2) is 48.7 Å². The van der Waals surface area contributed by atoms with Crippen LogP contribution in [0.4, 0.5) is 10.2 Å². The maximum Gasteiger partial charge on any atom is 0.253 e. The molecule has 1 unspecified atom stereocenters. The fraction of sp³-hybridized carbons (Fsp3) is 0.379. The van der Waals surface area contributed by atoms with Crippen molar-refractivity contribution < 1.29 is 13.9 Å². The van der Waals surface area contributed by atoms with Gasteiger partial charge in [-0.25, -0.2) is 9.37 Å². The summed E-state index contributed by atoms with van der Waals surface area (Å²) >= 11 is 12.4. The molecule has 9 heteroatoms. The van der Waals surface area contributed by atoms with Crippen LogP contribution in [0, 0.1) is 5.82 Å². The van der Waals surface area contributed by atoms with Crippen LogP contribution < -0.4 is 10.5 Å². The molecule has 3 aromatic rings. The Bertz CT molecular complexity index is 1320. The minimum Gasteiger partial charge on any atom is -0.482 e. The number of hydrogen-bond acceptors (Lipinski definition) is 5. The number of benzene rings is 2. The highest BCUT2D eigenvalue weighted by Crippen LogP contribution is 2.37. The fourth-order valence-corrected chi connectivity index (χ4v) is 6.11. The molecule has 0 bridgehead atoms. The number of anilines is 1. The number of aromatic nitrogens is 1. The van der Waals surface area contributed by atoms with Crippen molar-refractivity contribution in [1.82, 2.24) is 14.8 Å². The third kappa shape index (κ3) is 5.60. The van der Waals surface area contributed by atoms with Crippen LogP contribution in [0.25, 0.3) is 11.1 Å². The van der Waals surface area contributed by atoms with E-state index in [0.29, 0.717) is 27.9 Å². The van der Waals surface area contributed by atoms with Gasteiger partial charge in [0.25, 0.3) is 5.91 Å². The van der Waals surface area contributed by atoms with E-state index in [1.807, 2.05) is 29.2 Å². The van der Waals surface area contributed by atoms with E-state index < -0.39 is 11.9 Å². The number of likely N-dealkylation sites (tertiary alicyclic amines) is 2. The van der Waals surface area contributed by atoms with E-state index in [0.717, 1.165) is 37.1 Å². The Labute approximate surface area is 232 Å². The van der Waals surface area contributed by atoms with Gasteiger partial charge >= 0.3 is 0 Å². The van der Waals surface area contributed by atoms with Gasteiger partial charge in [-0.15, -0.1) is 0 Å². The Morgan fingerprint density at radius 3 is 2.55 bits per heavy atom. The second-order valence-corrected chi connectivity index (χ2v) is 10.8. The Kier molecular flexibility index (Phi) is 8.07. The van der Waals surface area contributed by atoms with Crippen molar-refractivity contribution in [2.75, 3.05) is 31.9 Å². The zero-order chi connectivity index (χ0) is 26.8. The number of carbonyl (C=O) groups excluding carboxylic acids is 1. The number of pyridine rings is 1. The first kappa shape index (κ1) is 26.7. The second-order valence-electron chi connectivity index (χ2n) is 9.97. The average molecular weight is 557 g/mol. The molecule has 2 aliphatic heterocycles. The zero-order valence-electron chi connectivity index (χ0n) is 21.3. The van der Waals surface area contributed by atoms with Crippen LogP contribution in [0.2, 0.25) is 10.0 Å². The van der Waals surface area contributed by atoms with Crippen molar-refractivity contribution in [2.45, 2.75) is 44.8 Å². The van der Waals surface area contributed by atoms with E-state index in [9.17, 15) is 9.18 Å². The van der Waals surface area contributed by atoms with Gasteiger partial charge in [-0.1, -0.05) is 35.3 Å². The molecule has 1 amide bonds. The quantitative estimate of drug-likeness (QED) is 0.345. The minimum absolute atomic E-state index is 0.0376. The van der Waals surface area contributed by atoms with Gasteiger partial charge in [0, 0.05) is 47.0 Å². The summed E-state index contributed by atoms with van der Waals surface area (Å²) in [6, 6.07) is 12.5. The molecule has 2 aliphatic rings. The molecule has 5 rings (SSSR count). The summed E-state index contributed by atoms with van der Waals surface area (Å²) in [5.41, 5.74) is 8.61. The lowest BCUT2D eigenvalue weighted by molar-refractivity contribution is 0.0644. The van der Waals surface area contributed by atoms with Crippen molar-refractivity contribution in [1.29, 1.82) is 0 Å². The van der Waals surface area contributed by atoms with Crippen LogP contribution >= 0.6 is 23.2 Å². The molecular formula is C29H31Cl2FN4O2. The molecule has 200 valence electrons. The minimum atomic E-state index is -0.679. The lowest BCUT2D eigenvalue weighted by Crippen LogP contribution is -2.45. The van der Waals surface area contributed by atoms with E-state index in [1.54, 1.807) is 19.2 Å². The van der Waals surface area contributed by atoms with Crippen LogP contribution in [0.5, 0.6) is 5.75 Å². The van der Waals surface area contributed by atoms with Crippen molar-refractivity contribution >= 4 is 34.9 Å². The summed E-state index contributed by atoms with van der Waals surface area (Å²) in [7, 11) is 0. The third-order valence-corrected chi connectivity index (χ3v) is 8.24. The van der Waals surface area contributed by atoms with E-state index in [-0.39, 0.29) is 16.7 Å². The maximum atomic E-state index is 14.0. The third-order valence-electron chi connectivity index (χ3n) is 7.52. The smallest absolute Gasteiger partial charge is 0.253 e. The Balaban J connectivity index is 1.31. The lowest BCUT2D eigenvalue weighted by atomic mass is 10.0. The number of amides is 1. The Morgan fingerprint density at radius 1 is 1.08 bits per heavy atom. The zero-order valence-corrected chi connectivity index (χ0v) is 22.8. The lowest BCUT2D eigenvalue weighted by Gasteiger charge is -2.36. The van der Waals surface area contributed by atoms with Gasteiger partial charge in [-0.3, -0.25) is 4.79 Å². The molecular weight excluding hydrogens is 526 g/mol. The predicted octanol–water partition coefficient (Wildman–Crippen LogP) is 6.62. The van der Waals surface area contributed by atoms with Crippen molar-refractivity contribution in [3.05, 3.63) is 75.7 Å². The first-order valence-corrected chi connectivity index (χ1v) is 13.8.